The Morgan fingerprint density at radius 1 is 1.05 bits per heavy atom. The minimum Gasteiger partial charge on any atom is -0.343 e. The van der Waals surface area contributed by atoms with E-state index < -0.39 is 45.2 Å². The van der Waals surface area contributed by atoms with Crippen molar-refractivity contribution in [2.24, 2.45) is 10.9 Å². The molecule has 5 N–H and O–H groups in total. The van der Waals surface area contributed by atoms with E-state index in [4.69, 9.17) is 10.9 Å². The summed E-state index contributed by atoms with van der Waals surface area (Å²) >= 11 is 0. The predicted octanol–water partition coefficient (Wildman–Crippen LogP) is 3.72. The second kappa shape index (κ2) is 10.7. The molecule has 0 unspecified atom stereocenters. The number of halogens is 3. The average molecular weight is 575 g/mol. The van der Waals surface area contributed by atoms with Gasteiger partial charge in [-0.3, -0.25) is 9.59 Å². The second-order valence-corrected chi connectivity index (χ2v) is 11.8. The van der Waals surface area contributed by atoms with Gasteiger partial charge in [0.25, 0.3) is 0 Å². The third-order valence-corrected chi connectivity index (χ3v) is 7.62. The highest BCUT2D eigenvalue weighted by molar-refractivity contribution is 7.89. The molecular weight excluding hydrogens is 545 g/mol. The number of primary sulfonamides is 1. The van der Waals surface area contributed by atoms with Gasteiger partial charge in [0.15, 0.2) is 0 Å². The zero-order chi connectivity index (χ0) is 29.5. The van der Waals surface area contributed by atoms with Crippen molar-refractivity contribution in [1.82, 2.24) is 5.32 Å². The summed E-state index contributed by atoms with van der Waals surface area (Å²) in [5.74, 6) is -1.05. The molecule has 3 aromatic carbocycles. The molecule has 0 bridgehead atoms. The third-order valence-electron chi connectivity index (χ3n) is 6.65. The van der Waals surface area contributed by atoms with Crippen LogP contribution in [0.1, 0.15) is 37.0 Å². The molecule has 40 heavy (non-hydrogen) atoms. The van der Waals surface area contributed by atoms with E-state index >= 15 is 0 Å². The first kappa shape index (κ1) is 29.2. The van der Waals surface area contributed by atoms with Crippen LogP contribution in [0.5, 0.6) is 0 Å². The Balaban J connectivity index is 1.70. The number of nitrogens with two attached hydrogens (primary N) is 2. The molecule has 212 valence electrons. The van der Waals surface area contributed by atoms with Gasteiger partial charge in [0.1, 0.15) is 6.04 Å². The maximum atomic E-state index is 13.7. The van der Waals surface area contributed by atoms with Gasteiger partial charge in [-0.1, -0.05) is 42.5 Å². The normalized spacial score (nSPS) is 16.3. The van der Waals surface area contributed by atoms with Gasteiger partial charge < -0.3 is 16.0 Å². The molecule has 0 radical (unpaired) electrons. The number of carbonyl (C=O) groups excluding carboxylic acids is 2. The van der Waals surface area contributed by atoms with Gasteiger partial charge in [0.2, 0.25) is 21.8 Å². The molecule has 0 fully saturated rings. The lowest BCUT2D eigenvalue weighted by Crippen LogP contribution is -2.56. The third kappa shape index (κ3) is 6.35. The first-order chi connectivity index (χ1) is 18.6. The fourth-order valence-electron chi connectivity index (χ4n) is 4.52. The summed E-state index contributed by atoms with van der Waals surface area (Å²) in [5.41, 5.74) is 6.02. The van der Waals surface area contributed by atoms with E-state index in [2.05, 4.69) is 5.32 Å². The highest BCUT2D eigenvalue weighted by Gasteiger charge is 2.36. The number of alkyl halides is 3. The van der Waals surface area contributed by atoms with Gasteiger partial charge >= 0.3 is 6.18 Å². The number of nitrogens with one attached hydrogen (secondary N) is 1. The quantitative estimate of drug-likeness (QED) is 0.412. The number of hydrogen-bond donors (Lipinski definition) is 3. The number of amides is 2. The van der Waals surface area contributed by atoms with Gasteiger partial charge in [0, 0.05) is 11.3 Å². The van der Waals surface area contributed by atoms with Gasteiger partial charge in [-0.25, -0.2) is 13.6 Å². The summed E-state index contributed by atoms with van der Waals surface area (Å²) in [6, 6.07) is 15.2. The fourth-order valence-corrected chi connectivity index (χ4v) is 5.28. The number of benzene rings is 3. The second-order valence-electron chi connectivity index (χ2n) is 10.3. The summed E-state index contributed by atoms with van der Waals surface area (Å²) in [7, 11) is -3.98. The number of anilines is 1. The van der Waals surface area contributed by atoms with Gasteiger partial charge in [-0.05, 0) is 67.6 Å². The zero-order valence-electron chi connectivity index (χ0n) is 21.8. The first-order valence-corrected chi connectivity index (χ1v) is 13.9. The van der Waals surface area contributed by atoms with E-state index in [1.165, 1.54) is 30.9 Å². The maximum Gasteiger partial charge on any atom is 0.416 e. The van der Waals surface area contributed by atoms with E-state index in [1.54, 1.807) is 42.5 Å². The van der Waals surface area contributed by atoms with Crippen LogP contribution in [0.25, 0.3) is 11.1 Å². The molecule has 1 aliphatic heterocycles. The van der Waals surface area contributed by atoms with Crippen molar-refractivity contribution >= 4 is 27.5 Å². The molecule has 0 spiro atoms. The monoisotopic (exact) mass is 574 g/mol. The molecule has 1 atom stereocenters. The van der Waals surface area contributed by atoms with E-state index in [0.717, 1.165) is 12.1 Å². The number of sulfonamides is 1. The van der Waals surface area contributed by atoms with Crippen molar-refractivity contribution in [2.45, 2.75) is 55.9 Å². The molecule has 8 nitrogen and oxygen atoms in total. The van der Waals surface area contributed by atoms with E-state index in [9.17, 15) is 31.2 Å². The molecular formula is C28H29F3N4O4S. The Bertz CT molecular complexity index is 1550. The van der Waals surface area contributed by atoms with Crippen LogP contribution >= 0.6 is 0 Å². The van der Waals surface area contributed by atoms with Crippen molar-refractivity contribution in [3.63, 3.8) is 0 Å². The minimum atomic E-state index is -4.56. The van der Waals surface area contributed by atoms with Crippen LogP contribution in [0.15, 0.2) is 71.6 Å². The number of fused-ring (bicyclic) bond motifs is 1. The standard InChI is InChI=1S/C28H29F3N4O4S/c1-27(2,32)26(37)34-22-13-11-19-15-20(28(29,30)31)12-14-23(19)35(25(22)36)16-17-7-9-18(10-8-17)21-5-3-4-6-24(21)40(33,38)39/h3-10,12,14-15,22H,11,13,16,32H2,1-2H3,(H,34,37)(H2,33,38,39)/t22-/m1/s1. The summed E-state index contributed by atoms with van der Waals surface area (Å²) in [6.07, 6.45) is -4.34. The topological polar surface area (TPSA) is 136 Å². The Morgan fingerprint density at radius 2 is 1.70 bits per heavy atom. The molecule has 0 aromatic heterocycles. The summed E-state index contributed by atoms with van der Waals surface area (Å²) in [6.45, 7) is 2.97. The van der Waals surface area contributed by atoms with Crippen LogP contribution in [0, 0.1) is 0 Å². The van der Waals surface area contributed by atoms with Crippen molar-refractivity contribution in [3.8, 4) is 11.1 Å². The summed E-state index contributed by atoms with van der Waals surface area (Å²) < 4.78 is 64.4. The van der Waals surface area contributed by atoms with E-state index in [0.29, 0.717) is 27.9 Å². The molecule has 2 amide bonds. The molecule has 0 saturated heterocycles. The van der Waals surface area contributed by atoms with Crippen LogP contribution in [0.3, 0.4) is 0 Å². The molecule has 3 aromatic rings. The predicted molar refractivity (Wildman–Crippen MR) is 144 cm³/mol. The summed E-state index contributed by atoms with van der Waals surface area (Å²) in [4.78, 5) is 27.6. The van der Waals surface area contributed by atoms with Crippen LogP contribution in [0.4, 0.5) is 18.9 Å². The van der Waals surface area contributed by atoms with Crippen molar-refractivity contribution in [2.75, 3.05) is 4.90 Å². The van der Waals surface area contributed by atoms with Crippen LogP contribution in [0.2, 0.25) is 0 Å². The lowest BCUT2D eigenvalue weighted by Gasteiger charge is -2.28. The Kier molecular flexibility index (Phi) is 7.81. The summed E-state index contributed by atoms with van der Waals surface area (Å²) in [5, 5.41) is 8.00. The maximum absolute atomic E-state index is 13.7. The van der Waals surface area contributed by atoms with Crippen LogP contribution in [-0.4, -0.2) is 31.8 Å². The Hall–Kier alpha value is -3.74. The lowest BCUT2D eigenvalue weighted by molar-refractivity contribution is -0.137. The molecule has 1 heterocycles. The minimum absolute atomic E-state index is 0.00724. The van der Waals surface area contributed by atoms with Crippen molar-refractivity contribution in [1.29, 1.82) is 0 Å². The van der Waals surface area contributed by atoms with Crippen molar-refractivity contribution in [3.05, 3.63) is 83.4 Å². The zero-order valence-corrected chi connectivity index (χ0v) is 22.6. The van der Waals surface area contributed by atoms with Crippen LogP contribution in [-0.2, 0) is 38.8 Å². The van der Waals surface area contributed by atoms with Gasteiger partial charge in [0.05, 0.1) is 22.5 Å². The highest BCUT2D eigenvalue weighted by atomic mass is 32.2. The SMILES string of the molecule is CC(C)(N)C(=O)N[C@@H]1CCc2cc(C(F)(F)F)ccc2N(Cc2ccc(-c3ccccc3S(N)(=O)=O)cc2)C1=O. The van der Waals surface area contributed by atoms with Gasteiger partial charge in [-0.2, -0.15) is 13.2 Å². The first-order valence-electron chi connectivity index (χ1n) is 12.4. The van der Waals surface area contributed by atoms with Gasteiger partial charge in [-0.15, -0.1) is 0 Å². The number of nitrogens with zero attached hydrogens (tertiary/aromatic N) is 1. The smallest absolute Gasteiger partial charge is 0.343 e. The molecule has 12 heteroatoms. The number of aryl methyl sites for hydroxylation is 1. The molecule has 0 aliphatic carbocycles. The lowest BCUT2D eigenvalue weighted by atomic mass is 10.0. The Labute approximate surface area is 230 Å². The Morgan fingerprint density at radius 3 is 2.30 bits per heavy atom. The molecule has 1 aliphatic rings. The van der Waals surface area contributed by atoms with Crippen molar-refractivity contribution < 1.29 is 31.2 Å². The van der Waals surface area contributed by atoms with E-state index in [1.807, 2.05) is 0 Å². The average Bonchev–Trinajstić information content (AvgIpc) is 2.99. The highest BCUT2D eigenvalue weighted by Crippen LogP contribution is 2.36. The number of hydrogen-bond acceptors (Lipinski definition) is 5. The number of rotatable bonds is 6. The van der Waals surface area contributed by atoms with Crippen LogP contribution < -0.4 is 21.1 Å². The van der Waals surface area contributed by atoms with E-state index in [-0.39, 0.29) is 24.3 Å². The fraction of sp³-hybridized carbons (Fsp3) is 0.286. The largest absolute Gasteiger partial charge is 0.416 e. The molecule has 0 saturated carbocycles. The molecule has 4 rings (SSSR count). The number of carbonyl (C=O) groups is 2.